The molecule has 0 spiro atoms. The average molecular weight is 262 g/mol. The Hall–Kier alpha value is -1.39. The molecular formula is C15H22N2O2. The van der Waals surface area contributed by atoms with Gasteiger partial charge in [-0.05, 0) is 31.0 Å². The van der Waals surface area contributed by atoms with Gasteiger partial charge < -0.3 is 15.4 Å². The molecule has 1 atom stereocenters. The fourth-order valence-electron chi connectivity index (χ4n) is 2.68. The second kappa shape index (κ2) is 6.68. The Balaban J connectivity index is 2.08. The Morgan fingerprint density at radius 2 is 2.26 bits per heavy atom. The van der Waals surface area contributed by atoms with Crippen molar-refractivity contribution in [3.05, 3.63) is 29.8 Å². The largest absolute Gasteiger partial charge is 0.385 e. The minimum atomic E-state index is 0.184. The first kappa shape index (κ1) is 14.0. The number of para-hydroxylation sites is 1. The van der Waals surface area contributed by atoms with Gasteiger partial charge in [0.25, 0.3) is 0 Å². The lowest BCUT2D eigenvalue weighted by molar-refractivity contribution is -0.118. The molecule has 2 N–H and O–H groups in total. The SMILES string of the molecule is COCCCC(=O)N1CC(CCN)c2ccccc21. The highest BCUT2D eigenvalue weighted by Crippen LogP contribution is 2.37. The third-order valence-corrected chi connectivity index (χ3v) is 3.63. The van der Waals surface area contributed by atoms with Gasteiger partial charge in [0.15, 0.2) is 0 Å². The molecule has 4 heteroatoms. The van der Waals surface area contributed by atoms with Crippen molar-refractivity contribution in [3.63, 3.8) is 0 Å². The molecule has 4 nitrogen and oxygen atoms in total. The lowest BCUT2D eigenvalue weighted by Crippen LogP contribution is -2.30. The van der Waals surface area contributed by atoms with Crippen LogP contribution in [0.4, 0.5) is 5.69 Å². The normalized spacial score (nSPS) is 17.6. The van der Waals surface area contributed by atoms with E-state index in [2.05, 4.69) is 6.07 Å². The van der Waals surface area contributed by atoms with Crippen LogP contribution in [-0.2, 0) is 9.53 Å². The summed E-state index contributed by atoms with van der Waals surface area (Å²) in [4.78, 5) is 14.2. The van der Waals surface area contributed by atoms with Crippen LogP contribution in [0.1, 0.15) is 30.7 Å². The highest BCUT2D eigenvalue weighted by atomic mass is 16.5. The zero-order valence-electron chi connectivity index (χ0n) is 11.5. The van der Waals surface area contributed by atoms with Crippen molar-refractivity contribution >= 4 is 11.6 Å². The lowest BCUT2D eigenvalue weighted by atomic mass is 9.98. The number of fused-ring (bicyclic) bond motifs is 1. The summed E-state index contributed by atoms with van der Waals surface area (Å²) in [7, 11) is 1.66. The number of benzene rings is 1. The van der Waals surface area contributed by atoms with Crippen molar-refractivity contribution in [2.45, 2.75) is 25.2 Å². The van der Waals surface area contributed by atoms with Crippen molar-refractivity contribution in [2.24, 2.45) is 5.73 Å². The summed E-state index contributed by atoms with van der Waals surface area (Å²) in [6.07, 6.45) is 2.24. The molecule has 0 bridgehead atoms. The molecule has 0 saturated carbocycles. The molecule has 0 aliphatic carbocycles. The third-order valence-electron chi connectivity index (χ3n) is 3.63. The third kappa shape index (κ3) is 3.14. The first-order valence-electron chi connectivity index (χ1n) is 6.86. The molecule has 0 radical (unpaired) electrons. The predicted octanol–water partition coefficient (Wildman–Crippen LogP) is 1.89. The maximum Gasteiger partial charge on any atom is 0.227 e. The molecule has 1 amide bonds. The highest BCUT2D eigenvalue weighted by molar-refractivity contribution is 5.95. The van der Waals surface area contributed by atoms with Crippen LogP contribution in [0, 0.1) is 0 Å². The molecule has 1 aliphatic heterocycles. The molecular weight excluding hydrogens is 240 g/mol. The number of nitrogens with zero attached hydrogens (tertiary/aromatic N) is 1. The molecule has 1 unspecified atom stereocenters. The Morgan fingerprint density at radius 3 is 3.00 bits per heavy atom. The van der Waals surface area contributed by atoms with Gasteiger partial charge in [0.05, 0.1) is 0 Å². The Labute approximate surface area is 114 Å². The van der Waals surface area contributed by atoms with Gasteiger partial charge in [0, 0.05) is 38.3 Å². The van der Waals surface area contributed by atoms with E-state index in [-0.39, 0.29) is 5.91 Å². The fourth-order valence-corrected chi connectivity index (χ4v) is 2.68. The van der Waals surface area contributed by atoms with E-state index in [1.54, 1.807) is 7.11 Å². The van der Waals surface area contributed by atoms with Crippen molar-refractivity contribution in [1.29, 1.82) is 0 Å². The molecule has 0 saturated heterocycles. The molecule has 104 valence electrons. The highest BCUT2D eigenvalue weighted by Gasteiger charge is 2.30. The zero-order valence-corrected chi connectivity index (χ0v) is 11.5. The standard InChI is InChI=1S/C15H22N2O2/c1-19-10-4-7-15(18)17-11-12(8-9-16)13-5-2-3-6-14(13)17/h2-3,5-6,12H,4,7-11,16H2,1H3. The minimum Gasteiger partial charge on any atom is -0.385 e. The zero-order chi connectivity index (χ0) is 13.7. The number of carbonyl (C=O) groups excluding carboxylic acids is 1. The van der Waals surface area contributed by atoms with E-state index >= 15 is 0 Å². The summed E-state index contributed by atoms with van der Waals surface area (Å²) in [6, 6.07) is 8.15. The van der Waals surface area contributed by atoms with Crippen LogP contribution in [0.25, 0.3) is 0 Å². The van der Waals surface area contributed by atoms with E-state index in [1.165, 1.54) is 5.56 Å². The van der Waals surface area contributed by atoms with Crippen molar-refractivity contribution < 1.29 is 9.53 Å². The second-order valence-electron chi connectivity index (χ2n) is 4.93. The first-order valence-corrected chi connectivity index (χ1v) is 6.86. The number of amides is 1. The number of hydrogen-bond donors (Lipinski definition) is 1. The smallest absolute Gasteiger partial charge is 0.227 e. The fraction of sp³-hybridized carbons (Fsp3) is 0.533. The molecule has 1 aromatic rings. The van der Waals surface area contributed by atoms with Crippen molar-refractivity contribution in [1.82, 2.24) is 0 Å². The van der Waals surface area contributed by atoms with Gasteiger partial charge >= 0.3 is 0 Å². The van der Waals surface area contributed by atoms with Crippen LogP contribution in [0.3, 0.4) is 0 Å². The Kier molecular flexibility index (Phi) is 4.93. The second-order valence-corrected chi connectivity index (χ2v) is 4.93. The van der Waals surface area contributed by atoms with Gasteiger partial charge in [-0.25, -0.2) is 0 Å². The summed E-state index contributed by atoms with van der Waals surface area (Å²) >= 11 is 0. The molecule has 1 aromatic carbocycles. The summed E-state index contributed by atoms with van der Waals surface area (Å²) < 4.78 is 5.00. The Morgan fingerprint density at radius 1 is 1.47 bits per heavy atom. The summed E-state index contributed by atoms with van der Waals surface area (Å²) in [5, 5.41) is 0. The van der Waals surface area contributed by atoms with Gasteiger partial charge in [-0.1, -0.05) is 18.2 Å². The maximum absolute atomic E-state index is 12.3. The van der Waals surface area contributed by atoms with E-state index in [0.717, 1.165) is 25.1 Å². The number of ether oxygens (including phenoxy) is 1. The summed E-state index contributed by atoms with van der Waals surface area (Å²) in [6.45, 7) is 2.06. The number of anilines is 1. The number of nitrogens with two attached hydrogens (primary N) is 1. The van der Waals surface area contributed by atoms with Crippen LogP contribution in [0.15, 0.2) is 24.3 Å². The van der Waals surface area contributed by atoms with Gasteiger partial charge in [-0.15, -0.1) is 0 Å². The Bertz CT molecular complexity index is 434. The monoisotopic (exact) mass is 262 g/mol. The quantitative estimate of drug-likeness (QED) is 0.797. The molecule has 1 heterocycles. The molecule has 0 fully saturated rings. The predicted molar refractivity (Wildman–Crippen MR) is 76.3 cm³/mol. The van der Waals surface area contributed by atoms with Gasteiger partial charge in [0.1, 0.15) is 0 Å². The topological polar surface area (TPSA) is 55.6 Å². The molecule has 2 rings (SSSR count). The number of rotatable bonds is 6. The minimum absolute atomic E-state index is 0.184. The number of hydrogen-bond acceptors (Lipinski definition) is 3. The van der Waals surface area contributed by atoms with Crippen LogP contribution >= 0.6 is 0 Å². The van der Waals surface area contributed by atoms with Crippen LogP contribution in [0.2, 0.25) is 0 Å². The van der Waals surface area contributed by atoms with Crippen molar-refractivity contribution in [3.8, 4) is 0 Å². The molecule has 1 aliphatic rings. The average Bonchev–Trinajstić information content (AvgIpc) is 2.79. The van der Waals surface area contributed by atoms with Crippen LogP contribution in [0.5, 0.6) is 0 Å². The van der Waals surface area contributed by atoms with Gasteiger partial charge in [-0.2, -0.15) is 0 Å². The van der Waals surface area contributed by atoms with E-state index in [0.29, 0.717) is 25.5 Å². The van der Waals surface area contributed by atoms with Crippen LogP contribution in [-0.4, -0.2) is 32.7 Å². The van der Waals surface area contributed by atoms with E-state index in [4.69, 9.17) is 10.5 Å². The van der Waals surface area contributed by atoms with Gasteiger partial charge in [0.2, 0.25) is 5.91 Å². The first-order chi connectivity index (χ1) is 9.27. The summed E-state index contributed by atoms with van der Waals surface area (Å²) in [5.74, 6) is 0.566. The maximum atomic E-state index is 12.3. The summed E-state index contributed by atoms with van der Waals surface area (Å²) in [5.41, 5.74) is 7.98. The van der Waals surface area contributed by atoms with E-state index < -0.39 is 0 Å². The van der Waals surface area contributed by atoms with E-state index in [1.807, 2.05) is 23.1 Å². The lowest BCUT2D eigenvalue weighted by Gasteiger charge is -2.17. The number of methoxy groups -OCH3 is 1. The van der Waals surface area contributed by atoms with E-state index in [9.17, 15) is 4.79 Å². The van der Waals surface area contributed by atoms with Gasteiger partial charge in [-0.3, -0.25) is 4.79 Å². The van der Waals surface area contributed by atoms with Crippen LogP contribution < -0.4 is 10.6 Å². The number of carbonyl (C=O) groups is 1. The molecule has 0 aromatic heterocycles. The molecule has 19 heavy (non-hydrogen) atoms. The van der Waals surface area contributed by atoms with Crippen molar-refractivity contribution in [2.75, 3.05) is 31.7 Å².